The SMILES string of the molecule is CC(Oc1cc(Br)ccc1[C@H](C)N)C(=O)N1CCOCC1. The molecular formula is C15H21BrN2O3. The first-order chi connectivity index (χ1) is 9.99. The van der Waals surface area contributed by atoms with Crippen LogP contribution in [0, 0.1) is 0 Å². The van der Waals surface area contributed by atoms with E-state index >= 15 is 0 Å². The van der Waals surface area contributed by atoms with E-state index in [0.717, 1.165) is 10.0 Å². The zero-order chi connectivity index (χ0) is 15.4. The minimum Gasteiger partial charge on any atom is -0.481 e. The Morgan fingerprint density at radius 2 is 2.05 bits per heavy atom. The number of nitrogens with zero attached hydrogens (tertiary/aromatic N) is 1. The van der Waals surface area contributed by atoms with E-state index in [-0.39, 0.29) is 11.9 Å². The number of carbonyl (C=O) groups is 1. The summed E-state index contributed by atoms with van der Waals surface area (Å²) in [5.41, 5.74) is 6.84. The highest BCUT2D eigenvalue weighted by atomic mass is 79.9. The van der Waals surface area contributed by atoms with Crippen molar-refractivity contribution in [2.45, 2.75) is 26.0 Å². The smallest absolute Gasteiger partial charge is 0.263 e. The van der Waals surface area contributed by atoms with Crippen molar-refractivity contribution in [2.24, 2.45) is 5.73 Å². The van der Waals surface area contributed by atoms with E-state index in [1.807, 2.05) is 25.1 Å². The van der Waals surface area contributed by atoms with Gasteiger partial charge in [0, 0.05) is 29.2 Å². The van der Waals surface area contributed by atoms with Crippen molar-refractivity contribution in [1.29, 1.82) is 0 Å². The number of nitrogens with two attached hydrogens (primary N) is 1. The van der Waals surface area contributed by atoms with Crippen LogP contribution in [-0.2, 0) is 9.53 Å². The molecule has 6 heteroatoms. The van der Waals surface area contributed by atoms with Gasteiger partial charge in [-0.25, -0.2) is 0 Å². The van der Waals surface area contributed by atoms with E-state index in [2.05, 4.69) is 15.9 Å². The lowest BCUT2D eigenvalue weighted by Crippen LogP contribution is -2.46. The van der Waals surface area contributed by atoms with Gasteiger partial charge in [0.05, 0.1) is 13.2 Å². The molecule has 1 fully saturated rings. The number of benzene rings is 1. The molecule has 1 amide bonds. The third-order valence-electron chi connectivity index (χ3n) is 3.44. The molecule has 0 saturated carbocycles. The number of rotatable bonds is 4. The molecule has 1 heterocycles. The first-order valence-corrected chi connectivity index (χ1v) is 7.86. The second-order valence-electron chi connectivity index (χ2n) is 5.17. The maximum atomic E-state index is 12.4. The van der Waals surface area contributed by atoms with E-state index in [4.69, 9.17) is 15.2 Å². The van der Waals surface area contributed by atoms with E-state index in [1.54, 1.807) is 11.8 Å². The third kappa shape index (κ3) is 4.18. The molecule has 1 aliphatic heterocycles. The van der Waals surface area contributed by atoms with Crippen molar-refractivity contribution in [3.05, 3.63) is 28.2 Å². The van der Waals surface area contributed by atoms with Gasteiger partial charge in [-0.3, -0.25) is 4.79 Å². The fraction of sp³-hybridized carbons (Fsp3) is 0.533. The second kappa shape index (κ2) is 7.24. The average Bonchev–Trinajstić information content (AvgIpc) is 2.47. The molecule has 0 bridgehead atoms. The molecule has 0 aromatic heterocycles. The number of ether oxygens (including phenoxy) is 2. The summed E-state index contributed by atoms with van der Waals surface area (Å²) in [6.07, 6.45) is -0.546. The Morgan fingerprint density at radius 3 is 2.67 bits per heavy atom. The first kappa shape index (κ1) is 16.3. The van der Waals surface area contributed by atoms with Gasteiger partial charge in [-0.15, -0.1) is 0 Å². The van der Waals surface area contributed by atoms with Crippen LogP contribution in [0.3, 0.4) is 0 Å². The van der Waals surface area contributed by atoms with Crippen molar-refractivity contribution < 1.29 is 14.3 Å². The Morgan fingerprint density at radius 1 is 1.38 bits per heavy atom. The van der Waals surface area contributed by atoms with Gasteiger partial charge in [0.25, 0.3) is 5.91 Å². The van der Waals surface area contributed by atoms with E-state index < -0.39 is 6.10 Å². The van der Waals surface area contributed by atoms with E-state index in [0.29, 0.717) is 32.1 Å². The summed E-state index contributed by atoms with van der Waals surface area (Å²) in [4.78, 5) is 14.1. The quantitative estimate of drug-likeness (QED) is 0.896. The molecule has 2 atom stereocenters. The fourth-order valence-electron chi connectivity index (χ4n) is 2.27. The van der Waals surface area contributed by atoms with Gasteiger partial charge in [0.2, 0.25) is 0 Å². The largest absolute Gasteiger partial charge is 0.481 e. The van der Waals surface area contributed by atoms with Crippen LogP contribution in [0.25, 0.3) is 0 Å². The third-order valence-corrected chi connectivity index (χ3v) is 3.93. The van der Waals surface area contributed by atoms with E-state index in [9.17, 15) is 4.79 Å². The van der Waals surface area contributed by atoms with Crippen LogP contribution in [0.2, 0.25) is 0 Å². The van der Waals surface area contributed by atoms with Crippen molar-refractivity contribution in [3.63, 3.8) is 0 Å². The highest BCUT2D eigenvalue weighted by Gasteiger charge is 2.24. The number of hydrogen-bond donors (Lipinski definition) is 1. The summed E-state index contributed by atoms with van der Waals surface area (Å²) in [5, 5.41) is 0. The summed E-state index contributed by atoms with van der Waals surface area (Å²) in [5.74, 6) is 0.627. The minimum atomic E-state index is -0.546. The van der Waals surface area contributed by atoms with E-state index in [1.165, 1.54) is 0 Å². The molecule has 21 heavy (non-hydrogen) atoms. The van der Waals surface area contributed by atoms with Gasteiger partial charge < -0.3 is 20.1 Å². The normalized spacial score (nSPS) is 18.2. The molecule has 5 nitrogen and oxygen atoms in total. The van der Waals surface area contributed by atoms with Crippen molar-refractivity contribution in [2.75, 3.05) is 26.3 Å². The van der Waals surface area contributed by atoms with Gasteiger partial charge in [-0.2, -0.15) is 0 Å². The highest BCUT2D eigenvalue weighted by Crippen LogP contribution is 2.28. The first-order valence-electron chi connectivity index (χ1n) is 7.07. The maximum Gasteiger partial charge on any atom is 0.263 e. The molecule has 116 valence electrons. The predicted molar refractivity (Wildman–Crippen MR) is 84.2 cm³/mol. The van der Waals surface area contributed by atoms with Crippen LogP contribution < -0.4 is 10.5 Å². The zero-order valence-corrected chi connectivity index (χ0v) is 13.9. The number of halogens is 1. The summed E-state index contributed by atoms with van der Waals surface area (Å²) in [6, 6.07) is 5.52. The molecular weight excluding hydrogens is 336 g/mol. The van der Waals surface area contributed by atoms with Crippen LogP contribution in [0.5, 0.6) is 5.75 Å². The van der Waals surface area contributed by atoms with Gasteiger partial charge in [-0.1, -0.05) is 22.0 Å². The standard InChI is InChI=1S/C15H21BrN2O3/c1-10(17)13-4-3-12(16)9-14(13)21-11(2)15(19)18-5-7-20-8-6-18/h3-4,9-11H,5-8,17H2,1-2H3/t10-,11?/m0/s1. The average molecular weight is 357 g/mol. The Hall–Kier alpha value is -1.11. The summed E-state index contributed by atoms with van der Waals surface area (Å²) in [6.45, 7) is 6.06. The summed E-state index contributed by atoms with van der Waals surface area (Å²) >= 11 is 3.42. The van der Waals surface area contributed by atoms with Crippen molar-refractivity contribution >= 4 is 21.8 Å². The molecule has 1 aromatic rings. The Bertz CT molecular complexity index is 502. The van der Waals surface area contributed by atoms with Crippen LogP contribution in [0.15, 0.2) is 22.7 Å². The maximum absolute atomic E-state index is 12.4. The Labute approximate surface area is 133 Å². The van der Waals surface area contributed by atoms with Gasteiger partial charge >= 0.3 is 0 Å². The molecule has 1 saturated heterocycles. The van der Waals surface area contributed by atoms with Gasteiger partial charge in [-0.05, 0) is 26.0 Å². The molecule has 0 spiro atoms. The Kier molecular flexibility index (Phi) is 5.61. The number of amides is 1. The lowest BCUT2D eigenvalue weighted by molar-refractivity contribution is -0.142. The molecule has 1 aliphatic rings. The highest BCUT2D eigenvalue weighted by molar-refractivity contribution is 9.10. The second-order valence-corrected chi connectivity index (χ2v) is 6.08. The van der Waals surface area contributed by atoms with Crippen LogP contribution in [0.4, 0.5) is 0 Å². The molecule has 1 aromatic carbocycles. The number of hydrogen-bond acceptors (Lipinski definition) is 4. The summed E-state index contributed by atoms with van der Waals surface area (Å²) in [7, 11) is 0. The molecule has 2 rings (SSSR count). The fourth-order valence-corrected chi connectivity index (χ4v) is 2.61. The predicted octanol–water partition coefficient (Wildman–Crippen LogP) is 2.09. The lowest BCUT2D eigenvalue weighted by atomic mass is 10.1. The lowest BCUT2D eigenvalue weighted by Gasteiger charge is -2.29. The molecule has 0 radical (unpaired) electrons. The Balaban J connectivity index is 2.09. The summed E-state index contributed by atoms with van der Waals surface area (Å²) < 4.78 is 12.0. The van der Waals surface area contributed by atoms with Crippen molar-refractivity contribution in [1.82, 2.24) is 4.90 Å². The minimum absolute atomic E-state index is 0.0195. The van der Waals surface area contributed by atoms with Gasteiger partial charge in [0.15, 0.2) is 6.10 Å². The van der Waals surface area contributed by atoms with Crippen LogP contribution in [-0.4, -0.2) is 43.2 Å². The molecule has 1 unspecified atom stereocenters. The number of morpholine rings is 1. The van der Waals surface area contributed by atoms with Crippen LogP contribution in [0.1, 0.15) is 25.5 Å². The number of carbonyl (C=O) groups excluding carboxylic acids is 1. The van der Waals surface area contributed by atoms with Gasteiger partial charge in [0.1, 0.15) is 5.75 Å². The monoisotopic (exact) mass is 356 g/mol. The topological polar surface area (TPSA) is 64.8 Å². The van der Waals surface area contributed by atoms with Crippen LogP contribution >= 0.6 is 15.9 Å². The zero-order valence-electron chi connectivity index (χ0n) is 12.3. The van der Waals surface area contributed by atoms with Crippen molar-refractivity contribution in [3.8, 4) is 5.75 Å². The molecule has 2 N–H and O–H groups in total. The molecule has 0 aliphatic carbocycles.